The van der Waals surface area contributed by atoms with Gasteiger partial charge in [0.05, 0.1) is 6.42 Å². The molecule has 1 atom stereocenters. The number of carbonyl (C=O) groups excluding carboxylic acids is 2. The Morgan fingerprint density at radius 1 is 1.00 bits per heavy atom. The fraction of sp³-hybridized carbons (Fsp3) is 0.143. The van der Waals surface area contributed by atoms with E-state index in [1.807, 2.05) is 42.5 Å². The molecule has 3 rings (SSSR count). The summed E-state index contributed by atoms with van der Waals surface area (Å²) in [6.45, 7) is 1.55. The van der Waals surface area contributed by atoms with E-state index in [1.165, 1.54) is 0 Å². The molecule has 26 heavy (non-hydrogen) atoms. The summed E-state index contributed by atoms with van der Waals surface area (Å²) >= 11 is 5.82. The summed E-state index contributed by atoms with van der Waals surface area (Å²) in [7, 11) is 0. The Kier molecular flexibility index (Phi) is 5.54. The van der Waals surface area contributed by atoms with E-state index < -0.39 is 18.0 Å². The van der Waals surface area contributed by atoms with Crippen LogP contribution in [0.1, 0.15) is 12.5 Å². The predicted molar refractivity (Wildman–Crippen MR) is 103 cm³/mol. The summed E-state index contributed by atoms with van der Waals surface area (Å²) < 4.78 is 5.28. The average Bonchev–Trinajstić information content (AvgIpc) is 2.64. The second kappa shape index (κ2) is 8.02. The van der Waals surface area contributed by atoms with Gasteiger partial charge in [-0.3, -0.25) is 9.59 Å². The van der Waals surface area contributed by atoms with Crippen molar-refractivity contribution in [3.63, 3.8) is 0 Å². The molecule has 0 aliphatic carbocycles. The molecule has 1 amide bonds. The van der Waals surface area contributed by atoms with Crippen molar-refractivity contribution in [2.45, 2.75) is 19.4 Å². The summed E-state index contributed by atoms with van der Waals surface area (Å²) in [5.41, 5.74) is 1.47. The highest BCUT2D eigenvalue weighted by molar-refractivity contribution is 6.30. The van der Waals surface area contributed by atoms with E-state index in [2.05, 4.69) is 5.32 Å². The minimum Gasteiger partial charge on any atom is -0.452 e. The van der Waals surface area contributed by atoms with Gasteiger partial charge in [0.1, 0.15) is 0 Å². The van der Waals surface area contributed by atoms with Gasteiger partial charge in [-0.2, -0.15) is 0 Å². The van der Waals surface area contributed by atoms with Crippen LogP contribution in [0.3, 0.4) is 0 Å². The molecule has 4 nitrogen and oxygen atoms in total. The molecule has 0 aromatic heterocycles. The van der Waals surface area contributed by atoms with Crippen molar-refractivity contribution < 1.29 is 14.3 Å². The van der Waals surface area contributed by atoms with Crippen LogP contribution in [0.25, 0.3) is 10.8 Å². The molecule has 0 fully saturated rings. The number of benzene rings is 3. The topological polar surface area (TPSA) is 55.4 Å². The predicted octanol–water partition coefficient (Wildman–Crippen LogP) is 4.61. The summed E-state index contributed by atoms with van der Waals surface area (Å²) in [6.07, 6.45) is -0.784. The Hall–Kier alpha value is -2.85. The van der Waals surface area contributed by atoms with Crippen LogP contribution in [0, 0.1) is 0 Å². The molecule has 0 unspecified atom stereocenters. The first-order valence-corrected chi connectivity index (χ1v) is 8.63. The zero-order chi connectivity index (χ0) is 18.5. The Morgan fingerprint density at radius 2 is 1.69 bits per heavy atom. The highest BCUT2D eigenvalue weighted by Crippen LogP contribution is 2.19. The van der Waals surface area contributed by atoms with Gasteiger partial charge in [-0.15, -0.1) is 0 Å². The van der Waals surface area contributed by atoms with E-state index >= 15 is 0 Å². The minimum atomic E-state index is -0.895. The molecule has 5 heteroatoms. The number of anilines is 1. The average molecular weight is 368 g/mol. The van der Waals surface area contributed by atoms with Crippen LogP contribution >= 0.6 is 11.6 Å². The number of esters is 1. The highest BCUT2D eigenvalue weighted by atomic mass is 35.5. The first-order valence-electron chi connectivity index (χ1n) is 8.25. The summed E-state index contributed by atoms with van der Waals surface area (Å²) in [5, 5.41) is 5.34. The lowest BCUT2D eigenvalue weighted by molar-refractivity contribution is -0.152. The highest BCUT2D eigenvalue weighted by Gasteiger charge is 2.18. The third kappa shape index (κ3) is 4.41. The van der Waals surface area contributed by atoms with Crippen LogP contribution in [-0.2, 0) is 20.7 Å². The summed E-state index contributed by atoms with van der Waals surface area (Å²) in [5.74, 6) is -0.835. The Balaban J connectivity index is 1.61. The Labute approximate surface area is 156 Å². The van der Waals surface area contributed by atoms with Crippen molar-refractivity contribution >= 4 is 39.9 Å². The first kappa shape index (κ1) is 18.0. The first-order chi connectivity index (χ1) is 12.5. The second-order valence-electron chi connectivity index (χ2n) is 5.94. The number of hydrogen-bond donors (Lipinski definition) is 1. The van der Waals surface area contributed by atoms with E-state index in [9.17, 15) is 9.59 Å². The fourth-order valence-corrected chi connectivity index (χ4v) is 2.80. The number of rotatable bonds is 5. The lowest BCUT2D eigenvalue weighted by Crippen LogP contribution is -2.30. The molecule has 0 aliphatic rings. The van der Waals surface area contributed by atoms with Gasteiger partial charge >= 0.3 is 5.97 Å². The zero-order valence-electron chi connectivity index (χ0n) is 14.2. The van der Waals surface area contributed by atoms with Crippen LogP contribution < -0.4 is 5.32 Å². The van der Waals surface area contributed by atoms with E-state index in [1.54, 1.807) is 31.2 Å². The molecule has 1 N–H and O–H groups in total. The van der Waals surface area contributed by atoms with Gasteiger partial charge in [-0.05, 0) is 47.5 Å². The SMILES string of the molecule is C[C@@H](OC(=O)Cc1cccc2ccccc12)C(=O)Nc1ccc(Cl)cc1. The Morgan fingerprint density at radius 3 is 2.46 bits per heavy atom. The van der Waals surface area contributed by atoms with Gasteiger partial charge in [0, 0.05) is 10.7 Å². The number of halogens is 1. The van der Waals surface area contributed by atoms with Crippen LogP contribution in [0.2, 0.25) is 5.02 Å². The molecule has 0 saturated carbocycles. The second-order valence-corrected chi connectivity index (χ2v) is 6.38. The normalized spacial score (nSPS) is 11.8. The molecule has 3 aromatic rings. The molecule has 0 spiro atoms. The zero-order valence-corrected chi connectivity index (χ0v) is 15.0. The summed E-state index contributed by atoms with van der Waals surface area (Å²) in [4.78, 5) is 24.4. The van der Waals surface area contributed by atoms with Gasteiger partial charge in [-0.1, -0.05) is 54.1 Å². The molecule has 0 saturated heterocycles. The summed E-state index contributed by atoms with van der Waals surface area (Å²) in [6, 6.07) is 20.3. The Bertz CT molecular complexity index is 932. The van der Waals surface area contributed by atoms with Gasteiger partial charge in [0.15, 0.2) is 6.10 Å². The van der Waals surface area contributed by atoms with E-state index in [0.29, 0.717) is 10.7 Å². The molecular weight excluding hydrogens is 350 g/mol. The minimum absolute atomic E-state index is 0.111. The van der Waals surface area contributed by atoms with Crippen molar-refractivity contribution in [2.75, 3.05) is 5.32 Å². The van der Waals surface area contributed by atoms with Gasteiger partial charge in [0.2, 0.25) is 0 Å². The molecule has 0 bridgehead atoms. The van der Waals surface area contributed by atoms with Gasteiger partial charge in [-0.25, -0.2) is 0 Å². The van der Waals surface area contributed by atoms with Crippen molar-refractivity contribution in [3.8, 4) is 0 Å². The smallest absolute Gasteiger partial charge is 0.311 e. The largest absolute Gasteiger partial charge is 0.452 e. The molecular formula is C21H18ClNO3. The van der Waals surface area contributed by atoms with E-state index in [-0.39, 0.29) is 6.42 Å². The monoisotopic (exact) mass is 367 g/mol. The maximum absolute atomic E-state index is 12.2. The molecule has 0 heterocycles. The molecule has 0 radical (unpaired) electrons. The maximum atomic E-state index is 12.2. The van der Waals surface area contributed by atoms with Gasteiger partial charge in [0.25, 0.3) is 5.91 Å². The van der Waals surface area contributed by atoms with Crippen molar-refractivity contribution in [1.82, 2.24) is 0 Å². The third-order valence-corrected chi connectivity index (χ3v) is 4.26. The maximum Gasteiger partial charge on any atom is 0.311 e. The van der Waals surface area contributed by atoms with Crippen LogP contribution in [0.15, 0.2) is 66.7 Å². The molecule has 0 aliphatic heterocycles. The standard InChI is InChI=1S/C21H18ClNO3/c1-14(21(25)23-18-11-9-17(22)10-12-18)26-20(24)13-16-7-4-6-15-5-2-3-8-19(15)16/h2-12,14H,13H2,1H3,(H,23,25)/t14-/m1/s1. The van der Waals surface area contributed by atoms with Crippen LogP contribution in [0.5, 0.6) is 0 Å². The third-order valence-electron chi connectivity index (χ3n) is 4.00. The number of hydrogen-bond acceptors (Lipinski definition) is 3. The quantitative estimate of drug-likeness (QED) is 0.670. The molecule has 3 aromatic carbocycles. The van der Waals surface area contributed by atoms with Crippen molar-refractivity contribution in [3.05, 3.63) is 77.3 Å². The van der Waals surface area contributed by atoms with E-state index in [0.717, 1.165) is 16.3 Å². The number of carbonyl (C=O) groups is 2. The van der Waals surface area contributed by atoms with Crippen molar-refractivity contribution in [2.24, 2.45) is 0 Å². The lowest BCUT2D eigenvalue weighted by atomic mass is 10.0. The fourth-order valence-electron chi connectivity index (χ4n) is 2.67. The number of ether oxygens (including phenoxy) is 1. The lowest BCUT2D eigenvalue weighted by Gasteiger charge is -2.14. The van der Waals surface area contributed by atoms with Crippen LogP contribution in [-0.4, -0.2) is 18.0 Å². The molecule has 132 valence electrons. The number of fused-ring (bicyclic) bond motifs is 1. The van der Waals surface area contributed by atoms with Crippen molar-refractivity contribution in [1.29, 1.82) is 0 Å². The number of amides is 1. The number of nitrogens with one attached hydrogen (secondary N) is 1. The van der Waals surface area contributed by atoms with Crippen LogP contribution in [0.4, 0.5) is 5.69 Å². The van der Waals surface area contributed by atoms with Gasteiger partial charge < -0.3 is 10.1 Å². The van der Waals surface area contributed by atoms with E-state index in [4.69, 9.17) is 16.3 Å².